The number of benzene rings is 1. The second kappa shape index (κ2) is 3.49. The van der Waals surface area contributed by atoms with Gasteiger partial charge in [-0.2, -0.15) is 0 Å². The molecule has 2 N–H and O–H groups in total. The number of carboxylic acids is 1. The monoisotopic (exact) mass is 204 g/mol. The lowest BCUT2D eigenvalue weighted by atomic mass is 10.0. The van der Waals surface area contributed by atoms with Gasteiger partial charge in [-0.15, -0.1) is 0 Å². The van der Waals surface area contributed by atoms with Crippen LogP contribution >= 0.6 is 0 Å². The minimum absolute atomic E-state index is 0.0291. The molecule has 0 unspecified atom stereocenters. The number of para-hydroxylation sites is 1. The minimum Gasteiger partial charge on any atom is -0.507 e. The van der Waals surface area contributed by atoms with Crippen LogP contribution in [0.5, 0.6) is 5.75 Å². The van der Waals surface area contributed by atoms with Gasteiger partial charge in [-0.25, -0.2) is 4.79 Å². The van der Waals surface area contributed by atoms with Crippen molar-refractivity contribution in [2.45, 2.75) is 0 Å². The Hall–Kier alpha value is -2.23. The second-order valence-corrected chi connectivity index (χ2v) is 3.02. The summed E-state index contributed by atoms with van der Waals surface area (Å²) in [5, 5.41) is 18.4. The predicted octanol–water partition coefficient (Wildman–Crippen LogP) is 2.35. The van der Waals surface area contributed by atoms with E-state index in [1.807, 2.05) is 0 Å². The standard InChI is InChI=1S/C11H8O4/c12-10-4-2-1-3-7(10)8-5-15-6-9(8)11(13)14/h1-6,12H,(H,13,14). The summed E-state index contributed by atoms with van der Waals surface area (Å²) in [6.45, 7) is 0. The number of furan rings is 1. The lowest BCUT2D eigenvalue weighted by molar-refractivity contribution is 0.0697. The quantitative estimate of drug-likeness (QED) is 0.787. The van der Waals surface area contributed by atoms with Crippen LogP contribution in [0.15, 0.2) is 41.2 Å². The molecule has 0 aliphatic rings. The largest absolute Gasteiger partial charge is 0.507 e. The van der Waals surface area contributed by atoms with Crippen molar-refractivity contribution in [3.05, 3.63) is 42.4 Å². The first kappa shape index (κ1) is 9.33. The molecule has 0 radical (unpaired) electrons. The van der Waals surface area contributed by atoms with E-state index in [4.69, 9.17) is 9.52 Å². The van der Waals surface area contributed by atoms with Crippen LogP contribution in [0, 0.1) is 0 Å². The van der Waals surface area contributed by atoms with Gasteiger partial charge in [0.1, 0.15) is 17.6 Å². The van der Waals surface area contributed by atoms with E-state index in [9.17, 15) is 9.90 Å². The zero-order valence-corrected chi connectivity index (χ0v) is 7.68. The third-order valence-electron chi connectivity index (χ3n) is 2.09. The highest BCUT2D eigenvalue weighted by atomic mass is 16.4. The summed E-state index contributed by atoms with van der Waals surface area (Å²) < 4.78 is 4.82. The summed E-state index contributed by atoms with van der Waals surface area (Å²) in [6.07, 6.45) is 2.45. The van der Waals surface area contributed by atoms with Gasteiger partial charge in [0.25, 0.3) is 0 Å². The first-order chi connectivity index (χ1) is 7.20. The number of hydrogen-bond acceptors (Lipinski definition) is 3. The van der Waals surface area contributed by atoms with E-state index in [2.05, 4.69) is 0 Å². The third-order valence-corrected chi connectivity index (χ3v) is 2.09. The van der Waals surface area contributed by atoms with E-state index >= 15 is 0 Å². The molecule has 0 bridgehead atoms. The molecular formula is C11H8O4. The molecular weight excluding hydrogens is 196 g/mol. The Morgan fingerprint density at radius 1 is 1.13 bits per heavy atom. The fourth-order valence-electron chi connectivity index (χ4n) is 1.37. The maximum Gasteiger partial charge on any atom is 0.339 e. The number of carboxylic acid groups (broad SMARTS) is 1. The average molecular weight is 204 g/mol. The lowest BCUT2D eigenvalue weighted by Gasteiger charge is -2.01. The van der Waals surface area contributed by atoms with E-state index in [0.29, 0.717) is 11.1 Å². The molecule has 2 rings (SSSR count). The summed E-state index contributed by atoms with van der Waals surface area (Å²) >= 11 is 0. The van der Waals surface area contributed by atoms with Crippen LogP contribution in [0.3, 0.4) is 0 Å². The van der Waals surface area contributed by atoms with Gasteiger partial charge in [0.2, 0.25) is 0 Å². The molecule has 0 aliphatic carbocycles. The summed E-state index contributed by atoms with van der Waals surface area (Å²) in [5.74, 6) is -1.05. The van der Waals surface area contributed by atoms with Crippen LogP contribution in [0.4, 0.5) is 0 Å². The molecule has 1 heterocycles. The molecule has 0 amide bonds. The molecule has 1 aromatic heterocycles. The maximum atomic E-state index is 10.8. The highest BCUT2D eigenvalue weighted by Crippen LogP contribution is 2.31. The zero-order valence-electron chi connectivity index (χ0n) is 7.68. The van der Waals surface area contributed by atoms with Crippen LogP contribution < -0.4 is 0 Å². The molecule has 1 aromatic carbocycles. The van der Waals surface area contributed by atoms with Crippen molar-refractivity contribution < 1.29 is 19.4 Å². The Labute approximate surface area is 85.4 Å². The van der Waals surface area contributed by atoms with Gasteiger partial charge in [-0.05, 0) is 6.07 Å². The van der Waals surface area contributed by atoms with E-state index in [1.54, 1.807) is 18.2 Å². The Kier molecular flexibility index (Phi) is 2.17. The van der Waals surface area contributed by atoms with E-state index < -0.39 is 5.97 Å². The molecule has 4 heteroatoms. The van der Waals surface area contributed by atoms with Crippen molar-refractivity contribution in [1.29, 1.82) is 0 Å². The topological polar surface area (TPSA) is 70.7 Å². The third kappa shape index (κ3) is 1.57. The fraction of sp³-hybridized carbons (Fsp3) is 0. The lowest BCUT2D eigenvalue weighted by Crippen LogP contribution is -1.95. The minimum atomic E-state index is -1.08. The average Bonchev–Trinajstić information content (AvgIpc) is 2.67. The Bertz CT molecular complexity index is 499. The van der Waals surface area contributed by atoms with Crippen molar-refractivity contribution in [2.24, 2.45) is 0 Å². The van der Waals surface area contributed by atoms with Crippen LogP contribution in [-0.4, -0.2) is 16.2 Å². The molecule has 2 aromatic rings. The number of carbonyl (C=O) groups is 1. The number of aromatic carboxylic acids is 1. The number of hydrogen-bond donors (Lipinski definition) is 2. The zero-order chi connectivity index (χ0) is 10.8. The van der Waals surface area contributed by atoms with Gasteiger partial charge >= 0.3 is 5.97 Å². The SMILES string of the molecule is O=C(O)c1cocc1-c1ccccc1O. The molecule has 0 spiro atoms. The summed E-state index contributed by atoms with van der Waals surface area (Å²) in [5.41, 5.74) is 0.862. The number of aromatic hydroxyl groups is 1. The molecule has 0 saturated heterocycles. The molecule has 0 atom stereocenters. The van der Waals surface area contributed by atoms with Crippen LogP contribution in [-0.2, 0) is 0 Å². The van der Waals surface area contributed by atoms with Crippen LogP contribution in [0.2, 0.25) is 0 Å². The highest BCUT2D eigenvalue weighted by Gasteiger charge is 2.16. The summed E-state index contributed by atoms with van der Waals surface area (Å²) in [4.78, 5) is 10.8. The first-order valence-electron chi connectivity index (χ1n) is 4.28. The second-order valence-electron chi connectivity index (χ2n) is 3.02. The first-order valence-corrected chi connectivity index (χ1v) is 4.28. The molecule has 0 aliphatic heterocycles. The Morgan fingerprint density at radius 3 is 2.53 bits per heavy atom. The van der Waals surface area contributed by atoms with Crippen molar-refractivity contribution >= 4 is 5.97 Å². The van der Waals surface area contributed by atoms with Crippen LogP contribution in [0.25, 0.3) is 11.1 Å². The van der Waals surface area contributed by atoms with E-state index in [1.165, 1.54) is 12.3 Å². The van der Waals surface area contributed by atoms with Gasteiger partial charge in [-0.1, -0.05) is 18.2 Å². The predicted molar refractivity (Wildman–Crippen MR) is 52.8 cm³/mol. The molecule has 0 fully saturated rings. The van der Waals surface area contributed by atoms with Gasteiger partial charge in [0.15, 0.2) is 0 Å². The molecule has 4 nitrogen and oxygen atoms in total. The number of phenols is 1. The van der Waals surface area contributed by atoms with Gasteiger partial charge in [0.05, 0.1) is 6.26 Å². The molecule has 0 saturated carbocycles. The normalized spacial score (nSPS) is 10.1. The van der Waals surface area contributed by atoms with Gasteiger partial charge in [0, 0.05) is 11.1 Å². The van der Waals surface area contributed by atoms with Crippen LogP contribution in [0.1, 0.15) is 10.4 Å². The number of phenolic OH excluding ortho intramolecular Hbond substituents is 1. The summed E-state index contributed by atoms with van der Waals surface area (Å²) in [7, 11) is 0. The maximum absolute atomic E-state index is 10.8. The fourth-order valence-corrected chi connectivity index (χ4v) is 1.37. The van der Waals surface area contributed by atoms with Gasteiger partial charge < -0.3 is 14.6 Å². The summed E-state index contributed by atoms with van der Waals surface area (Å²) in [6, 6.07) is 6.51. The Balaban J connectivity index is 2.59. The van der Waals surface area contributed by atoms with Gasteiger partial charge in [-0.3, -0.25) is 0 Å². The van der Waals surface area contributed by atoms with E-state index in [-0.39, 0.29) is 11.3 Å². The molecule has 15 heavy (non-hydrogen) atoms. The Morgan fingerprint density at radius 2 is 1.87 bits per heavy atom. The van der Waals surface area contributed by atoms with Crippen molar-refractivity contribution in [1.82, 2.24) is 0 Å². The van der Waals surface area contributed by atoms with Crippen molar-refractivity contribution in [3.8, 4) is 16.9 Å². The number of rotatable bonds is 2. The highest BCUT2D eigenvalue weighted by molar-refractivity contribution is 5.96. The molecule has 76 valence electrons. The van der Waals surface area contributed by atoms with Crippen molar-refractivity contribution in [2.75, 3.05) is 0 Å². The van der Waals surface area contributed by atoms with E-state index in [0.717, 1.165) is 6.26 Å². The smallest absolute Gasteiger partial charge is 0.339 e. The van der Waals surface area contributed by atoms with Crippen molar-refractivity contribution in [3.63, 3.8) is 0 Å².